The smallest absolute Gasteiger partial charge is 0.0854 e. The van der Waals surface area contributed by atoms with E-state index in [1.54, 1.807) is 0 Å². The zero-order valence-corrected chi connectivity index (χ0v) is 12.7. The van der Waals surface area contributed by atoms with Crippen molar-refractivity contribution < 1.29 is 5.11 Å². The Morgan fingerprint density at radius 3 is 2.65 bits per heavy atom. The van der Waals surface area contributed by atoms with E-state index in [1.807, 2.05) is 30.0 Å². The number of hydrogen-bond donors (Lipinski definition) is 1. The molecule has 1 aromatic heterocycles. The van der Waals surface area contributed by atoms with Gasteiger partial charge in [-0.05, 0) is 12.1 Å². The Morgan fingerprint density at radius 1 is 1.25 bits per heavy atom. The molecule has 0 saturated carbocycles. The molecule has 0 amide bonds. The second-order valence-electron chi connectivity index (χ2n) is 5.47. The van der Waals surface area contributed by atoms with E-state index >= 15 is 0 Å². The Labute approximate surface area is 124 Å². The van der Waals surface area contributed by atoms with Crippen LogP contribution in [-0.2, 0) is 6.61 Å². The van der Waals surface area contributed by atoms with Crippen LogP contribution in [0.4, 0.5) is 5.69 Å². The minimum atomic E-state index is -0.00840. The van der Waals surface area contributed by atoms with Gasteiger partial charge in [-0.3, -0.25) is 4.98 Å². The average Bonchev–Trinajstić information content (AvgIpc) is 2.45. The molecule has 1 fully saturated rings. The van der Waals surface area contributed by atoms with E-state index in [4.69, 9.17) is 0 Å². The highest BCUT2D eigenvalue weighted by atomic mass is 32.2. The number of pyridine rings is 1. The molecular weight excluding hydrogens is 268 g/mol. The highest BCUT2D eigenvalue weighted by Gasteiger charge is 2.24. The maximum absolute atomic E-state index is 9.44. The summed E-state index contributed by atoms with van der Waals surface area (Å²) in [7, 11) is 0. The number of para-hydroxylation sites is 1. The van der Waals surface area contributed by atoms with Gasteiger partial charge in [0.15, 0.2) is 0 Å². The summed E-state index contributed by atoms with van der Waals surface area (Å²) in [5.41, 5.74) is 2.92. The van der Waals surface area contributed by atoms with Gasteiger partial charge in [-0.25, -0.2) is 0 Å². The SMILES string of the molecule is CC1CN(c2cc(CO)nc3ccccc23)CC(C)S1. The molecule has 0 aliphatic carbocycles. The highest BCUT2D eigenvalue weighted by Crippen LogP contribution is 2.33. The van der Waals surface area contributed by atoms with Crippen LogP contribution in [0.3, 0.4) is 0 Å². The van der Waals surface area contributed by atoms with E-state index in [0.717, 1.165) is 24.3 Å². The largest absolute Gasteiger partial charge is 0.390 e. The van der Waals surface area contributed by atoms with Gasteiger partial charge >= 0.3 is 0 Å². The normalized spacial score (nSPS) is 23.2. The molecule has 1 saturated heterocycles. The molecule has 20 heavy (non-hydrogen) atoms. The molecule has 2 atom stereocenters. The van der Waals surface area contributed by atoms with Gasteiger partial charge in [0, 0.05) is 34.7 Å². The number of nitrogens with zero attached hydrogens (tertiary/aromatic N) is 2. The van der Waals surface area contributed by atoms with Crippen molar-refractivity contribution in [3.8, 4) is 0 Å². The number of benzene rings is 1. The van der Waals surface area contributed by atoms with E-state index in [9.17, 15) is 5.11 Å². The molecule has 3 nitrogen and oxygen atoms in total. The second kappa shape index (κ2) is 5.62. The predicted octanol–water partition coefficient (Wildman–Crippen LogP) is 3.06. The van der Waals surface area contributed by atoms with Crippen LogP contribution in [-0.4, -0.2) is 33.7 Å². The number of aliphatic hydroxyl groups excluding tert-OH is 1. The molecule has 1 aliphatic heterocycles. The molecular formula is C16H20N2OS. The number of rotatable bonds is 2. The van der Waals surface area contributed by atoms with Crippen LogP contribution in [0, 0.1) is 0 Å². The molecule has 2 aromatic rings. The monoisotopic (exact) mass is 288 g/mol. The molecule has 2 unspecified atom stereocenters. The van der Waals surface area contributed by atoms with Crippen molar-refractivity contribution in [3.05, 3.63) is 36.0 Å². The van der Waals surface area contributed by atoms with Gasteiger partial charge in [0.05, 0.1) is 17.8 Å². The van der Waals surface area contributed by atoms with Crippen molar-refractivity contribution in [2.75, 3.05) is 18.0 Å². The lowest BCUT2D eigenvalue weighted by Crippen LogP contribution is -2.40. The van der Waals surface area contributed by atoms with Crippen LogP contribution >= 0.6 is 11.8 Å². The second-order valence-corrected chi connectivity index (χ2v) is 7.35. The Kier molecular flexibility index (Phi) is 3.85. The summed E-state index contributed by atoms with van der Waals surface area (Å²) < 4.78 is 0. The molecule has 1 aliphatic rings. The first-order valence-corrected chi connectivity index (χ1v) is 8.01. The van der Waals surface area contributed by atoms with Crippen LogP contribution < -0.4 is 4.90 Å². The topological polar surface area (TPSA) is 36.4 Å². The zero-order valence-electron chi connectivity index (χ0n) is 11.9. The summed E-state index contributed by atoms with van der Waals surface area (Å²) in [6.45, 7) is 6.65. The Morgan fingerprint density at radius 2 is 1.95 bits per heavy atom. The minimum absolute atomic E-state index is 0.00840. The first-order chi connectivity index (χ1) is 9.67. The van der Waals surface area contributed by atoms with Gasteiger partial charge in [-0.15, -0.1) is 0 Å². The molecule has 0 spiro atoms. The van der Waals surface area contributed by atoms with Crippen LogP contribution in [0.25, 0.3) is 10.9 Å². The standard InChI is InChI=1S/C16H20N2OS/c1-11-8-18(9-12(2)20-11)16-7-13(10-19)17-15-6-4-3-5-14(15)16/h3-7,11-12,19H,8-10H2,1-2H3. The van der Waals surface area contributed by atoms with E-state index in [1.165, 1.54) is 11.1 Å². The number of thioether (sulfide) groups is 1. The van der Waals surface area contributed by atoms with Crippen molar-refractivity contribution in [1.29, 1.82) is 0 Å². The van der Waals surface area contributed by atoms with Crippen molar-refractivity contribution in [1.82, 2.24) is 4.98 Å². The molecule has 0 radical (unpaired) electrons. The van der Waals surface area contributed by atoms with E-state index in [0.29, 0.717) is 10.5 Å². The van der Waals surface area contributed by atoms with E-state index in [-0.39, 0.29) is 6.61 Å². The van der Waals surface area contributed by atoms with Gasteiger partial charge < -0.3 is 10.0 Å². The van der Waals surface area contributed by atoms with Gasteiger partial charge in [0.25, 0.3) is 0 Å². The highest BCUT2D eigenvalue weighted by molar-refractivity contribution is 8.00. The van der Waals surface area contributed by atoms with Gasteiger partial charge in [0.2, 0.25) is 0 Å². The number of fused-ring (bicyclic) bond motifs is 1. The van der Waals surface area contributed by atoms with E-state index in [2.05, 4.69) is 35.9 Å². The van der Waals surface area contributed by atoms with Crippen molar-refractivity contribution in [3.63, 3.8) is 0 Å². The molecule has 4 heteroatoms. The Hall–Kier alpha value is -1.26. The quantitative estimate of drug-likeness (QED) is 0.921. The van der Waals surface area contributed by atoms with Crippen LogP contribution in [0.5, 0.6) is 0 Å². The summed E-state index contributed by atoms with van der Waals surface area (Å²) in [5, 5.41) is 11.9. The third-order valence-corrected chi connectivity index (χ3v) is 4.90. The zero-order chi connectivity index (χ0) is 14.1. The number of anilines is 1. The summed E-state index contributed by atoms with van der Waals surface area (Å²) >= 11 is 2.05. The average molecular weight is 288 g/mol. The molecule has 1 aromatic carbocycles. The molecule has 2 heterocycles. The third kappa shape index (κ3) is 2.63. The van der Waals surface area contributed by atoms with Crippen molar-refractivity contribution >= 4 is 28.4 Å². The molecule has 1 N–H and O–H groups in total. The molecule has 106 valence electrons. The molecule has 0 bridgehead atoms. The maximum Gasteiger partial charge on any atom is 0.0854 e. The van der Waals surface area contributed by atoms with Crippen LogP contribution in [0.2, 0.25) is 0 Å². The lowest BCUT2D eigenvalue weighted by atomic mass is 10.1. The number of aromatic nitrogens is 1. The lowest BCUT2D eigenvalue weighted by Gasteiger charge is -2.37. The van der Waals surface area contributed by atoms with E-state index < -0.39 is 0 Å². The van der Waals surface area contributed by atoms with Crippen molar-refractivity contribution in [2.45, 2.75) is 31.0 Å². The fourth-order valence-electron chi connectivity index (χ4n) is 2.93. The summed E-state index contributed by atoms with van der Waals surface area (Å²) in [5.74, 6) is 0. The number of aliphatic hydroxyl groups is 1. The summed E-state index contributed by atoms with van der Waals surface area (Å²) in [6.07, 6.45) is 0. The lowest BCUT2D eigenvalue weighted by molar-refractivity contribution is 0.277. The first-order valence-electron chi connectivity index (χ1n) is 7.07. The third-order valence-electron chi connectivity index (χ3n) is 3.67. The summed E-state index contributed by atoms with van der Waals surface area (Å²) in [6, 6.07) is 10.2. The maximum atomic E-state index is 9.44. The predicted molar refractivity (Wildman–Crippen MR) is 86.4 cm³/mol. The fourth-order valence-corrected chi connectivity index (χ4v) is 4.25. The van der Waals surface area contributed by atoms with Gasteiger partial charge in [0.1, 0.15) is 0 Å². The Balaban J connectivity index is 2.09. The van der Waals surface area contributed by atoms with Gasteiger partial charge in [-0.1, -0.05) is 32.0 Å². The first kappa shape index (κ1) is 13.7. The Bertz CT molecular complexity index is 606. The summed E-state index contributed by atoms with van der Waals surface area (Å²) in [4.78, 5) is 6.94. The van der Waals surface area contributed by atoms with Crippen molar-refractivity contribution in [2.24, 2.45) is 0 Å². The van der Waals surface area contributed by atoms with Crippen LogP contribution in [0.15, 0.2) is 30.3 Å². The molecule has 3 rings (SSSR count). The van der Waals surface area contributed by atoms with Crippen LogP contribution in [0.1, 0.15) is 19.5 Å². The van der Waals surface area contributed by atoms with Gasteiger partial charge in [-0.2, -0.15) is 11.8 Å². The fraction of sp³-hybridized carbons (Fsp3) is 0.438. The number of hydrogen-bond acceptors (Lipinski definition) is 4. The minimum Gasteiger partial charge on any atom is -0.390 e.